The summed E-state index contributed by atoms with van der Waals surface area (Å²) in [5.74, 6) is 0. The van der Waals surface area contributed by atoms with Crippen LogP contribution in [0.3, 0.4) is 0 Å². The highest BCUT2D eigenvalue weighted by Gasteiger charge is 2.27. The van der Waals surface area contributed by atoms with Crippen LogP contribution in [0, 0.1) is 0 Å². The topological polar surface area (TPSA) is 46.2 Å². The molecular formula is C12H15BrClNO2S. The number of benzene rings is 1. The minimum Gasteiger partial charge on any atom is -0.283 e. The predicted octanol–water partition coefficient (Wildman–Crippen LogP) is 4.18. The van der Waals surface area contributed by atoms with E-state index in [4.69, 9.17) is 11.6 Å². The summed E-state index contributed by atoms with van der Waals surface area (Å²) in [4.78, 5) is 0. The Kier molecular flexibility index (Phi) is 4.56. The van der Waals surface area contributed by atoms with Gasteiger partial charge in [-0.15, -0.1) is 0 Å². The van der Waals surface area contributed by atoms with E-state index >= 15 is 0 Å². The van der Waals surface area contributed by atoms with E-state index in [-0.39, 0.29) is 5.25 Å². The molecule has 0 heterocycles. The summed E-state index contributed by atoms with van der Waals surface area (Å²) in [5, 5.41) is 0.302. The molecule has 0 amide bonds. The van der Waals surface area contributed by atoms with Gasteiger partial charge in [0.05, 0.1) is 10.3 Å². The second-order valence-electron chi connectivity index (χ2n) is 4.54. The number of hydrogen-bond acceptors (Lipinski definition) is 2. The Bertz CT molecular complexity index is 527. The van der Waals surface area contributed by atoms with Gasteiger partial charge in [0, 0.05) is 10.2 Å². The quantitative estimate of drug-likeness (QED) is 0.887. The van der Waals surface area contributed by atoms with Crippen molar-refractivity contribution in [1.82, 2.24) is 0 Å². The van der Waals surface area contributed by atoms with E-state index in [0.29, 0.717) is 15.2 Å². The molecule has 1 aromatic carbocycles. The second-order valence-corrected chi connectivity index (χ2v) is 7.76. The monoisotopic (exact) mass is 351 g/mol. The fraction of sp³-hybridized carbons (Fsp3) is 0.500. The van der Waals surface area contributed by atoms with Gasteiger partial charge < -0.3 is 0 Å². The van der Waals surface area contributed by atoms with E-state index in [9.17, 15) is 8.42 Å². The Balaban J connectivity index is 2.13. The first-order chi connectivity index (χ1) is 8.49. The molecule has 1 N–H and O–H groups in total. The number of sulfonamides is 1. The van der Waals surface area contributed by atoms with E-state index < -0.39 is 10.0 Å². The Morgan fingerprint density at radius 3 is 2.50 bits per heavy atom. The fourth-order valence-electron chi connectivity index (χ4n) is 2.18. The minimum atomic E-state index is -3.28. The molecule has 0 spiro atoms. The van der Waals surface area contributed by atoms with Crippen LogP contribution >= 0.6 is 27.5 Å². The molecule has 6 heteroatoms. The van der Waals surface area contributed by atoms with E-state index in [0.717, 1.165) is 32.1 Å². The molecular weight excluding hydrogens is 338 g/mol. The third-order valence-electron chi connectivity index (χ3n) is 3.17. The van der Waals surface area contributed by atoms with Crippen molar-refractivity contribution in [2.75, 3.05) is 4.72 Å². The summed E-state index contributed by atoms with van der Waals surface area (Å²) in [6.45, 7) is 0. The SMILES string of the molecule is O=S(=O)(Nc1ccc(Cl)c(Br)c1)C1CCCCC1. The summed E-state index contributed by atoms with van der Waals surface area (Å²) >= 11 is 9.16. The molecule has 0 bridgehead atoms. The Morgan fingerprint density at radius 2 is 1.89 bits per heavy atom. The van der Waals surface area contributed by atoms with Crippen LogP contribution in [0.2, 0.25) is 5.02 Å². The number of nitrogens with one attached hydrogen (secondary N) is 1. The zero-order valence-corrected chi connectivity index (χ0v) is 13.0. The second kappa shape index (κ2) is 5.80. The Labute approximate surface area is 121 Å². The lowest BCUT2D eigenvalue weighted by Gasteiger charge is -2.22. The summed E-state index contributed by atoms with van der Waals surface area (Å²) in [7, 11) is -3.28. The van der Waals surface area contributed by atoms with Gasteiger partial charge in [0.25, 0.3) is 0 Å². The minimum absolute atomic E-state index is 0.263. The standard InChI is InChI=1S/C12H15BrClNO2S/c13-11-8-9(6-7-12(11)14)15-18(16,17)10-4-2-1-3-5-10/h6-8,10,15H,1-5H2. The van der Waals surface area contributed by atoms with Crippen molar-refractivity contribution in [3.8, 4) is 0 Å². The molecule has 2 rings (SSSR count). The van der Waals surface area contributed by atoms with Gasteiger partial charge in [0.15, 0.2) is 0 Å². The van der Waals surface area contributed by atoms with Crippen LogP contribution in [-0.2, 0) is 10.0 Å². The molecule has 1 aromatic rings. The zero-order valence-electron chi connectivity index (χ0n) is 9.83. The van der Waals surface area contributed by atoms with Crippen LogP contribution < -0.4 is 4.72 Å². The van der Waals surface area contributed by atoms with Crippen LogP contribution in [0.4, 0.5) is 5.69 Å². The molecule has 0 atom stereocenters. The normalized spacial score (nSPS) is 17.7. The van der Waals surface area contributed by atoms with E-state index in [1.54, 1.807) is 18.2 Å². The molecule has 1 aliphatic carbocycles. The Morgan fingerprint density at radius 1 is 1.22 bits per heavy atom. The fourth-order valence-corrected chi connectivity index (χ4v) is 4.26. The van der Waals surface area contributed by atoms with Crippen molar-refractivity contribution in [1.29, 1.82) is 0 Å². The van der Waals surface area contributed by atoms with Crippen molar-refractivity contribution in [2.24, 2.45) is 0 Å². The molecule has 0 aliphatic heterocycles. The lowest BCUT2D eigenvalue weighted by Crippen LogP contribution is -2.29. The van der Waals surface area contributed by atoms with Gasteiger partial charge in [-0.25, -0.2) is 8.42 Å². The summed E-state index contributed by atoms with van der Waals surface area (Å²) < 4.78 is 27.7. The maximum absolute atomic E-state index is 12.2. The first kappa shape index (κ1) is 14.2. The molecule has 0 aromatic heterocycles. The highest BCUT2D eigenvalue weighted by molar-refractivity contribution is 9.10. The molecule has 1 aliphatic rings. The maximum atomic E-state index is 12.2. The smallest absolute Gasteiger partial charge is 0.235 e. The maximum Gasteiger partial charge on any atom is 0.235 e. The molecule has 1 saturated carbocycles. The third-order valence-corrected chi connectivity index (χ3v) is 6.25. The average Bonchev–Trinajstić information content (AvgIpc) is 2.35. The number of anilines is 1. The molecule has 0 unspecified atom stereocenters. The molecule has 0 radical (unpaired) electrons. The number of hydrogen-bond donors (Lipinski definition) is 1. The van der Waals surface area contributed by atoms with Crippen LogP contribution in [0.15, 0.2) is 22.7 Å². The first-order valence-corrected chi connectivity index (χ1v) is 8.67. The number of halogens is 2. The first-order valence-electron chi connectivity index (χ1n) is 5.96. The van der Waals surface area contributed by atoms with E-state index in [1.807, 2.05) is 0 Å². The van der Waals surface area contributed by atoms with E-state index in [2.05, 4.69) is 20.7 Å². The molecule has 0 saturated heterocycles. The largest absolute Gasteiger partial charge is 0.283 e. The van der Waals surface area contributed by atoms with E-state index in [1.165, 1.54) is 0 Å². The van der Waals surface area contributed by atoms with Crippen molar-refractivity contribution in [2.45, 2.75) is 37.4 Å². The highest BCUT2D eigenvalue weighted by atomic mass is 79.9. The predicted molar refractivity (Wildman–Crippen MR) is 78.6 cm³/mol. The van der Waals surface area contributed by atoms with Crippen LogP contribution in [0.1, 0.15) is 32.1 Å². The van der Waals surface area contributed by atoms with Gasteiger partial charge in [0.2, 0.25) is 10.0 Å². The van der Waals surface area contributed by atoms with Gasteiger partial charge >= 0.3 is 0 Å². The number of rotatable bonds is 3. The summed E-state index contributed by atoms with van der Waals surface area (Å²) in [6, 6.07) is 5.03. The Hall–Kier alpha value is -0.260. The van der Waals surface area contributed by atoms with Crippen LogP contribution in [0.25, 0.3) is 0 Å². The van der Waals surface area contributed by atoms with Gasteiger partial charge in [-0.05, 0) is 47.0 Å². The average molecular weight is 353 g/mol. The van der Waals surface area contributed by atoms with Gasteiger partial charge in [-0.2, -0.15) is 0 Å². The van der Waals surface area contributed by atoms with Crippen molar-refractivity contribution in [3.05, 3.63) is 27.7 Å². The van der Waals surface area contributed by atoms with Gasteiger partial charge in [0.1, 0.15) is 0 Å². The highest BCUT2D eigenvalue weighted by Crippen LogP contribution is 2.28. The van der Waals surface area contributed by atoms with Crippen molar-refractivity contribution >= 4 is 43.2 Å². The molecule has 1 fully saturated rings. The van der Waals surface area contributed by atoms with Crippen molar-refractivity contribution < 1.29 is 8.42 Å². The lowest BCUT2D eigenvalue weighted by molar-refractivity contribution is 0.486. The molecule has 100 valence electrons. The molecule has 18 heavy (non-hydrogen) atoms. The third kappa shape index (κ3) is 3.39. The summed E-state index contributed by atoms with van der Waals surface area (Å²) in [5.41, 5.74) is 0.553. The van der Waals surface area contributed by atoms with Crippen LogP contribution in [0.5, 0.6) is 0 Å². The lowest BCUT2D eigenvalue weighted by atomic mass is 10.0. The van der Waals surface area contributed by atoms with Gasteiger partial charge in [-0.3, -0.25) is 4.72 Å². The van der Waals surface area contributed by atoms with Crippen molar-refractivity contribution in [3.63, 3.8) is 0 Å². The van der Waals surface area contributed by atoms with Gasteiger partial charge in [-0.1, -0.05) is 30.9 Å². The zero-order chi connectivity index (χ0) is 13.2. The molecule has 3 nitrogen and oxygen atoms in total. The van der Waals surface area contributed by atoms with Crippen LogP contribution in [-0.4, -0.2) is 13.7 Å². The summed E-state index contributed by atoms with van der Waals surface area (Å²) in [6.07, 6.45) is 4.64.